The van der Waals surface area contributed by atoms with E-state index in [9.17, 15) is 15.3 Å². The second-order valence-electron chi connectivity index (χ2n) is 7.99. The first-order valence-corrected chi connectivity index (χ1v) is 11.3. The molecule has 9 nitrogen and oxygen atoms in total. The monoisotopic (exact) mass is 485 g/mol. The third-order valence-corrected chi connectivity index (χ3v) is 5.73. The first-order chi connectivity index (χ1) is 18.1. The minimum Gasteiger partial charge on any atom is -0.497 e. The van der Waals surface area contributed by atoms with Gasteiger partial charge in [-0.05, 0) is 29.8 Å². The number of nitrogens with one attached hydrogen (secondary N) is 1. The highest BCUT2D eigenvalue weighted by Crippen LogP contribution is 2.33. The summed E-state index contributed by atoms with van der Waals surface area (Å²) < 4.78 is 5.22. The van der Waals surface area contributed by atoms with Gasteiger partial charge in [0.25, 0.3) is 11.9 Å². The topological polar surface area (TPSA) is 127 Å². The predicted octanol–water partition coefficient (Wildman–Crippen LogP) is 4.66. The largest absolute Gasteiger partial charge is 0.497 e. The first kappa shape index (κ1) is 23.2. The van der Waals surface area contributed by atoms with Crippen LogP contribution in [0.4, 0.5) is 17.5 Å². The Morgan fingerprint density at radius 3 is 2.14 bits per heavy atom. The fraction of sp³-hybridized carbons (Fsp3) is 0.0714. The average Bonchev–Trinajstić information content (AvgIpc) is 3.30. The van der Waals surface area contributed by atoms with Crippen molar-refractivity contribution in [3.63, 3.8) is 0 Å². The lowest BCUT2D eigenvalue weighted by molar-refractivity contribution is -0.118. The van der Waals surface area contributed by atoms with Crippen LogP contribution in [0.3, 0.4) is 0 Å². The molecule has 1 unspecified atom stereocenters. The molecule has 3 aromatic carbocycles. The SMILES string of the molecule is COc1ccc(Nc2nc(N3N=C(c4ccccc4)C(C#N)C3=O)nc(-c3ccccc3)c2C#N)cc1. The molecule has 0 aliphatic carbocycles. The lowest BCUT2D eigenvalue weighted by Gasteiger charge is -2.16. The van der Waals surface area contributed by atoms with Gasteiger partial charge >= 0.3 is 0 Å². The maximum absolute atomic E-state index is 13.3. The summed E-state index contributed by atoms with van der Waals surface area (Å²) in [5, 5.41) is 28.4. The number of hydrogen-bond donors (Lipinski definition) is 1. The van der Waals surface area contributed by atoms with Crippen molar-refractivity contribution in [2.75, 3.05) is 17.4 Å². The molecule has 1 aliphatic heterocycles. The molecule has 0 bridgehead atoms. The van der Waals surface area contributed by atoms with Gasteiger partial charge in [-0.25, -0.2) is 4.98 Å². The number of nitriles is 2. The number of nitrogens with zero attached hydrogens (tertiary/aromatic N) is 6. The van der Waals surface area contributed by atoms with Crippen LogP contribution in [0.1, 0.15) is 11.1 Å². The standard InChI is InChI=1S/C28H19N7O2/c1-37-21-14-12-20(13-15-21)31-26-22(16-29)24(18-8-4-2-5-9-18)32-28(33-26)35-27(36)23(17-30)25(34-35)19-10-6-3-7-11-19/h2-15,23H,1H3,(H,31,32,33). The molecule has 9 heteroatoms. The fourth-order valence-corrected chi connectivity index (χ4v) is 3.90. The highest BCUT2D eigenvalue weighted by Gasteiger charge is 2.39. The number of rotatable bonds is 6. The van der Waals surface area contributed by atoms with Crippen molar-refractivity contribution in [2.24, 2.45) is 11.0 Å². The lowest BCUT2D eigenvalue weighted by atomic mass is 9.98. The van der Waals surface area contributed by atoms with Crippen molar-refractivity contribution >= 4 is 29.1 Å². The van der Waals surface area contributed by atoms with E-state index in [2.05, 4.69) is 26.5 Å². The van der Waals surface area contributed by atoms with Crippen molar-refractivity contribution in [1.29, 1.82) is 10.5 Å². The van der Waals surface area contributed by atoms with Gasteiger partial charge in [0.15, 0.2) is 11.7 Å². The van der Waals surface area contributed by atoms with E-state index >= 15 is 0 Å². The Hall–Kier alpha value is -5.54. The molecule has 0 saturated heterocycles. The van der Waals surface area contributed by atoms with Crippen LogP contribution in [0.5, 0.6) is 5.75 Å². The zero-order valence-electron chi connectivity index (χ0n) is 19.7. The van der Waals surface area contributed by atoms with Crippen LogP contribution in [0, 0.1) is 28.6 Å². The minimum absolute atomic E-state index is 0.0509. The van der Waals surface area contributed by atoms with Crippen LogP contribution < -0.4 is 15.1 Å². The molecule has 0 fully saturated rings. The van der Waals surface area contributed by atoms with Crippen LogP contribution in [-0.4, -0.2) is 28.7 Å². The number of hydrogen-bond acceptors (Lipinski definition) is 8. The third-order valence-electron chi connectivity index (χ3n) is 5.73. The van der Waals surface area contributed by atoms with Crippen molar-refractivity contribution < 1.29 is 9.53 Å². The summed E-state index contributed by atoms with van der Waals surface area (Å²) in [7, 11) is 1.57. The van der Waals surface area contributed by atoms with E-state index < -0.39 is 11.8 Å². The van der Waals surface area contributed by atoms with Gasteiger partial charge in [-0.2, -0.15) is 25.6 Å². The smallest absolute Gasteiger partial charge is 0.273 e. The maximum Gasteiger partial charge on any atom is 0.273 e. The number of ether oxygens (including phenoxy) is 1. The Morgan fingerprint density at radius 2 is 1.54 bits per heavy atom. The van der Waals surface area contributed by atoms with Gasteiger partial charge in [0.1, 0.15) is 17.4 Å². The van der Waals surface area contributed by atoms with Gasteiger partial charge in [0.05, 0.1) is 24.6 Å². The van der Waals surface area contributed by atoms with Crippen molar-refractivity contribution in [1.82, 2.24) is 9.97 Å². The molecular weight excluding hydrogens is 466 g/mol. The number of methoxy groups -OCH3 is 1. The second-order valence-corrected chi connectivity index (χ2v) is 7.99. The molecule has 0 radical (unpaired) electrons. The summed E-state index contributed by atoms with van der Waals surface area (Å²) in [6, 6.07) is 29.5. The Balaban J connectivity index is 1.66. The molecule has 5 rings (SSSR count). The molecule has 0 saturated carbocycles. The Morgan fingerprint density at radius 1 is 0.892 bits per heavy atom. The molecule has 178 valence electrons. The number of anilines is 3. The van der Waals surface area contributed by atoms with Crippen LogP contribution in [-0.2, 0) is 4.79 Å². The number of aromatic nitrogens is 2. The molecule has 1 aromatic heterocycles. The molecule has 37 heavy (non-hydrogen) atoms. The number of carbonyl (C=O) groups is 1. The molecule has 0 spiro atoms. The summed E-state index contributed by atoms with van der Waals surface area (Å²) in [4.78, 5) is 22.3. The lowest BCUT2D eigenvalue weighted by Crippen LogP contribution is -2.28. The molecule has 1 amide bonds. The van der Waals surface area contributed by atoms with Crippen molar-refractivity contribution in [3.8, 4) is 29.1 Å². The molecular formula is C28H19N7O2. The van der Waals surface area contributed by atoms with Gasteiger partial charge in [-0.1, -0.05) is 60.7 Å². The number of amides is 1. The van der Waals surface area contributed by atoms with Gasteiger partial charge in [-0.15, -0.1) is 0 Å². The van der Waals surface area contributed by atoms with Crippen molar-refractivity contribution in [3.05, 3.63) is 96.1 Å². The first-order valence-electron chi connectivity index (χ1n) is 11.3. The highest BCUT2D eigenvalue weighted by atomic mass is 16.5. The van der Waals surface area contributed by atoms with Crippen LogP contribution >= 0.6 is 0 Å². The van der Waals surface area contributed by atoms with Gasteiger partial charge in [-0.3, -0.25) is 4.79 Å². The van der Waals surface area contributed by atoms with Gasteiger partial charge in [0, 0.05) is 11.3 Å². The highest BCUT2D eigenvalue weighted by molar-refractivity contribution is 6.23. The van der Waals surface area contributed by atoms with Crippen LogP contribution in [0.25, 0.3) is 11.3 Å². The summed E-state index contributed by atoms with van der Waals surface area (Å²) >= 11 is 0. The number of carbonyl (C=O) groups excluding carboxylic acids is 1. The summed E-state index contributed by atoms with van der Waals surface area (Å²) in [6.45, 7) is 0. The van der Waals surface area contributed by atoms with Crippen LogP contribution in [0.15, 0.2) is 90.0 Å². The Bertz CT molecular complexity index is 1570. The Kier molecular flexibility index (Phi) is 6.26. The van der Waals surface area contributed by atoms with Gasteiger partial charge in [0.2, 0.25) is 0 Å². The predicted molar refractivity (Wildman–Crippen MR) is 138 cm³/mol. The quantitative estimate of drug-likeness (QED) is 0.421. The third kappa shape index (κ3) is 4.45. The van der Waals surface area contributed by atoms with Gasteiger partial charge < -0.3 is 10.1 Å². The van der Waals surface area contributed by atoms with Crippen LogP contribution in [0.2, 0.25) is 0 Å². The molecule has 2 heterocycles. The fourth-order valence-electron chi connectivity index (χ4n) is 3.90. The van der Waals surface area contributed by atoms with E-state index in [0.29, 0.717) is 34.0 Å². The molecule has 1 aliphatic rings. The molecule has 4 aromatic rings. The average molecular weight is 486 g/mol. The van der Waals surface area contributed by atoms with E-state index in [-0.39, 0.29) is 17.3 Å². The molecule has 1 N–H and O–H groups in total. The van der Waals surface area contributed by atoms with E-state index in [4.69, 9.17) is 4.74 Å². The second kappa shape index (κ2) is 9.98. The van der Waals surface area contributed by atoms with E-state index in [1.54, 1.807) is 43.5 Å². The molecule has 1 atom stereocenters. The maximum atomic E-state index is 13.3. The number of hydrazone groups is 1. The Labute approximate surface area is 212 Å². The minimum atomic E-state index is -1.11. The zero-order valence-corrected chi connectivity index (χ0v) is 19.7. The summed E-state index contributed by atoms with van der Waals surface area (Å²) in [6.07, 6.45) is 0. The van der Waals surface area contributed by atoms with E-state index in [1.807, 2.05) is 54.6 Å². The number of benzene rings is 3. The normalized spacial score (nSPS) is 14.5. The summed E-state index contributed by atoms with van der Waals surface area (Å²) in [5.41, 5.74) is 2.80. The van der Waals surface area contributed by atoms with Crippen molar-refractivity contribution in [2.45, 2.75) is 0 Å². The zero-order chi connectivity index (χ0) is 25.8. The van der Waals surface area contributed by atoms with E-state index in [1.165, 1.54) is 0 Å². The summed E-state index contributed by atoms with van der Waals surface area (Å²) in [5.74, 6) is -0.862. The van der Waals surface area contributed by atoms with E-state index in [0.717, 1.165) is 5.01 Å².